The molecule has 0 aromatic heterocycles. The van der Waals surface area contributed by atoms with Gasteiger partial charge >= 0.3 is 0 Å². The lowest BCUT2D eigenvalue weighted by Gasteiger charge is -2.31. The molecular weight excluding hydrogens is 380 g/mol. The van der Waals surface area contributed by atoms with Crippen molar-refractivity contribution in [1.82, 2.24) is 10.2 Å². The average molecular weight is 413 g/mol. The van der Waals surface area contributed by atoms with Crippen LogP contribution in [0.5, 0.6) is 11.5 Å². The molecule has 0 radical (unpaired) electrons. The zero-order chi connectivity index (χ0) is 21.2. The van der Waals surface area contributed by atoms with Gasteiger partial charge in [0, 0.05) is 37.9 Å². The second-order valence-electron chi connectivity index (χ2n) is 7.46. The SMILES string of the molecule is CCOc1ccc(C(=O)NCc2cccc(OCCN(C)C3CCOCC3)c2)cc1. The first-order valence-corrected chi connectivity index (χ1v) is 10.7. The van der Waals surface area contributed by atoms with Gasteiger partial charge < -0.3 is 19.5 Å². The molecule has 0 unspecified atom stereocenters. The number of amides is 1. The number of nitrogens with zero attached hydrogens (tertiary/aromatic N) is 1. The van der Waals surface area contributed by atoms with Crippen LogP contribution in [0.1, 0.15) is 35.7 Å². The smallest absolute Gasteiger partial charge is 0.251 e. The summed E-state index contributed by atoms with van der Waals surface area (Å²) in [5, 5.41) is 2.96. The van der Waals surface area contributed by atoms with E-state index in [0.717, 1.165) is 49.7 Å². The zero-order valence-electron chi connectivity index (χ0n) is 17.9. The van der Waals surface area contributed by atoms with Crippen molar-refractivity contribution in [2.24, 2.45) is 0 Å². The Labute approximate surface area is 179 Å². The fraction of sp³-hybridized carbons (Fsp3) is 0.458. The molecule has 6 nitrogen and oxygen atoms in total. The van der Waals surface area contributed by atoms with Gasteiger partial charge in [-0.2, -0.15) is 0 Å². The monoisotopic (exact) mass is 412 g/mol. The van der Waals surface area contributed by atoms with E-state index in [9.17, 15) is 4.79 Å². The summed E-state index contributed by atoms with van der Waals surface area (Å²) < 4.78 is 16.8. The fourth-order valence-electron chi connectivity index (χ4n) is 3.51. The van der Waals surface area contributed by atoms with Crippen LogP contribution in [-0.2, 0) is 11.3 Å². The van der Waals surface area contributed by atoms with E-state index in [1.165, 1.54) is 0 Å². The number of hydrogen-bond acceptors (Lipinski definition) is 5. The van der Waals surface area contributed by atoms with Crippen LogP contribution in [0.2, 0.25) is 0 Å². The van der Waals surface area contributed by atoms with Gasteiger partial charge in [0.05, 0.1) is 6.61 Å². The highest BCUT2D eigenvalue weighted by Crippen LogP contribution is 2.16. The molecule has 30 heavy (non-hydrogen) atoms. The summed E-state index contributed by atoms with van der Waals surface area (Å²) in [6.45, 7) is 6.20. The topological polar surface area (TPSA) is 60.0 Å². The van der Waals surface area contributed by atoms with E-state index < -0.39 is 0 Å². The summed E-state index contributed by atoms with van der Waals surface area (Å²) >= 11 is 0. The van der Waals surface area contributed by atoms with Gasteiger partial charge in [-0.25, -0.2) is 0 Å². The fourth-order valence-corrected chi connectivity index (χ4v) is 3.51. The number of carbonyl (C=O) groups excluding carboxylic acids is 1. The van der Waals surface area contributed by atoms with Gasteiger partial charge in [-0.05, 0) is 68.8 Å². The van der Waals surface area contributed by atoms with Crippen molar-refractivity contribution in [1.29, 1.82) is 0 Å². The maximum Gasteiger partial charge on any atom is 0.251 e. The molecule has 162 valence electrons. The molecule has 1 N–H and O–H groups in total. The highest BCUT2D eigenvalue weighted by molar-refractivity contribution is 5.94. The zero-order valence-corrected chi connectivity index (χ0v) is 17.9. The lowest BCUT2D eigenvalue weighted by Crippen LogP contribution is -2.38. The first kappa shape index (κ1) is 22.1. The minimum Gasteiger partial charge on any atom is -0.494 e. The summed E-state index contributed by atoms with van der Waals surface area (Å²) in [4.78, 5) is 14.7. The molecule has 1 aliphatic heterocycles. The number of carbonyl (C=O) groups is 1. The highest BCUT2D eigenvalue weighted by Gasteiger charge is 2.18. The maximum atomic E-state index is 12.4. The van der Waals surface area contributed by atoms with Crippen molar-refractivity contribution in [2.75, 3.05) is 40.0 Å². The van der Waals surface area contributed by atoms with Crippen LogP contribution in [0.3, 0.4) is 0 Å². The van der Waals surface area contributed by atoms with Crippen molar-refractivity contribution < 1.29 is 19.0 Å². The molecule has 1 heterocycles. The Morgan fingerprint density at radius 3 is 2.60 bits per heavy atom. The van der Waals surface area contributed by atoms with Gasteiger partial charge in [-0.3, -0.25) is 9.69 Å². The molecule has 1 saturated heterocycles. The summed E-state index contributed by atoms with van der Waals surface area (Å²) in [6, 6.07) is 15.6. The van der Waals surface area contributed by atoms with E-state index in [1.807, 2.05) is 43.3 Å². The van der Waals surface area contributed by atoms with Crippen LogP contribution in [0.25, 0.3) is 0 Å². The molecule has 1 aliphatic rings. The Kier molecular flexibility index (Phi) is 8.53. The number of hydrogen-bond donors (Lipinski definition) is 1. The van der Waals surface area contributed by atoms with Crippen LogP contribution in [-0.4, -0.2) is 56.9 Å². The van der Waals surface area contributed by atoms with Crippen molar-refractivity contribution in [2.45, 2.75) is 32.4 Å². The number of nitrogens with one attached hydrogen (secondary N) is 1. The summed E-state index contributed by atoms with van der Waals surface area (Å²) in [7, 11) is 2.15. The van der Waals surface area contributed by atoms with Crippen molar-refractivity contribution >= 4 is 5.91 Å². The van der Waals surface area contributed by atoms with E-state index in [2.05, 4.69) is 17.3 Å². The Morgan fingerprint density at radius 1 is 1.10 bits per heavy atom. The molecule has 2 aromatic carbocycles. The normalized spacial score (nSPS) is 14.5. The van der Waals surface area contributed by atoms with Crippen molar-refractivity contribution in [3.8, 4) is 11.5 Å². The maximum absolute atomic E-state index is 12.4. The first-order valence-electron chi connectivity index (χ1n) is 10.7. The summed E-state index contributed by atoms with van der Waals surface area (Å²) in [5.41, 5.74) is 1.62. The summed E-state index contributed by atoms with van der Waals surface area (Å²) in [6.07, 6.45) is 2.17. The van der Waals surface area contributed by atoms with Gasteiger partial charge in [-0.1, -0.05) is 12.1 Å². The molecule has 0 aliphatic carbocycles. The Balaban J connectivity index is 1.43. The van der Waals surface area contributed by atoms with E-state index >= 15 is 0 Å². The third-order valence-corrected chi connectivity index (χ3v) is 5.31. The lowest BCUT2D eigenvalue weighted by molar-refractivity contribution is 0.0392. The standard InChI is InChI=1S/C24H32N2O4/c1-3-29-22-9-7-20(8-10-22)24(27)25-18-19-5-4-6-23(17-19)30-16-13-26(2)21-11-14-28-15-12-21/h4-10,17,21H,3,11-16,18H2,1-2H3,(H,25,27). The van der Waals surface area contributed by atoms with Gasteiger partial charge in [0.15, 0.2) is 0 Å². The molecule has 0 atom stereocenters. The van der Waals surface area contributed by atoms with E-state index in [-0.39, 0.29) is 5.91 Å². The number of ether oxygens (including phenoxy) is 3. The highest BCUT2D eigenvalue weighted by atomic mass is 16.5. The van der Waals surface area contributed by atoms with Crippen molar-refractivity contribution in [3.63, 3.8) is 0 Å². The van der Waals surface area contributed by atoms with Gasteiger partial charge in [-0.15, -0.1) is 0 Å². The van der Waals surface area contributed by atoms with Crippen LogP contribution in [0.4, 0.5) is 0 Å². The third kappa shape index (κ3) is 6.75. The lowest BCUT2D eigenvalue weighted by atomic mass is 10.1. The predicted molar refractivity (Wildman–Crippen MR) is 117 cm³/mol. The third-order valence-electron chi connectivity index (χ3n) is 5.31. The number of likely N-dealkylation sites (N-methyl/N-ethyl adjacent to an activating group) is 1. The van der Waals surface area contributed by atoms with Crippen LogP contribution in [0, 0.1) is 0 Å². The van der Waals surface area contributed by atoms with Crippen LogP contribution in [0.15, 0.2) is 48.5 Å². The molecule has 0 bridgehead atoms. The minimum atomic E-state index is -0.109. The minimum absolute atomic E-state index is 0.109. The van der Waals surface area contributed by atoms with Crippen LogP contribution >= 0.6 is 0 Å². The number of rotatable bonds is 10. The van der Waals surface area contributed by atoms with Gasteiger partial charge in [0.25, 0.3) is 5.91 Å². The summed E-state index contributed by atoms with van der Waals surface area (Å²) in [5.74, 6) is 1.48. The van der Waals surface area contributed by atoms with E-state index in [4.69, 9.17) is 14.2 Å². The second-order valence-corrected chi connectivity index (χ2v) is 7.46. The van der Waals surface area contributed by atoms with Crippen LogP contribution < -0.4 is 14.8 Å². The second kappa shape index (κ2) is 11.6. The molecule has 1 amide bonds. The predicted octanol–water partition coefficient (Wildman–Crippen LogP) is 3.50. The largest absolute Gasteiger partial charge is 0.494 e. The quantitative estimate of drug-likeness (QED) is 0.647. The molecule has 1 fully saturated rings. The molecule has 2 aromatic rings. The van der Waals surface area contributed by atoms with Crippen molar-refractivity contribution in [3.05, 3.63) is 59.7 Å². The average Bonchev–Trinajstić information content (AvgIpc) is 2.79. The Bertz CT molecular complexity index is 788. The van der Waals surface area contributed by atoms with E-state index in [1.54, 1.807) is 12.1 Å². The Hall–Kier alpha value is -2.57. The Morgan fingerprint density at radius 2 is 1.87 bits per heavy atom. The van der Waals surface area contributed by atoms with E-state index in [0.29, 0.717) is 31.4 Å². The molecule has 3 rings (SSSR count). The van der Waals surface area contributed by atoms with Gasteiger partial charge in [0.1, 0.15) is 18.1 Å². The molecule has 0 saturated carbocycles. The molecular formula is C24H32N2O4. The molecule has 6 heteroatoms. The van der Waals surface area contributed by atoms with Gasteiger partial charge in [0.2, 0.25) is 0 Å². The first-order chi connectivity index (χ1) is 14.7. The molecule has 0 spiro atoms. The number of benzene rings is 2.